The SMILES string of the molecule is NCC(Nc1ncc([N+](=O)[O-])s1)C1CCCCC1. The van der Waals surface area contributed by atoms with Gasteiger partial charge in [-0.05, 0) is 30.1 Å². The number of hydrogen-bond acceptors (Lipinski definition) is 6. The van der Waals surface area contributed by atoms with Crippen LogP contribution in [0.2, 0.25) is 0 Å². The molecule has 1 heterocycles. The summed E-state index contributed by atoms with van der Waals surface area (Å²) in [5.74, 6) is 0.562. The predicted molar refractivity (Wildman–Crippen MR) is 71.8 cm³/mol. The topological polar surface area (TPSA) is 94.1 Å². The van der Waals surface area contributed by atoms with E-state index in [-0.39, 0.29) is 11.0 Å². The Hall–Kier alpha value is -1.21. The Kier molecular flexibility index (Phi) is 4.48. The molecule has 3 N–H and O–H groups in total. The standard InChI is InChI=1S/C11H18N4O2S/c12-6-9(8-4-2-1-3-5-8)14-11-13-7-10(18-11)15(16)17/h7-9H,1-6,12H2,(H,13,14). The summed E-state index contributed by atoms with van der Waals surface area (Å²) in [5, 5.41) is 14.5. The highest BCUT2D eigenvalue weighted by Crippen LogP contribution is 2.30. The molecule has 1 aromatic rings. The second kappa shape index (κ2) is 6.10. The molecule has 1 aromatic heterocycles. The zero-order valence-electron chi connectivity index (χ0n) is 10.2. The third-order valence-electron chi connectivity index (χ3n) is 3.46. The highest BCUT2D eigenvalue weighted by Gasteiger charge is 2.24. The van der Waals surface area contributed by atoms with Crippen LogP contribution < -0.4 is 11.1 Å². The molecule has 6 nitrogen and oxygen atoms in total. The maximum Gasteiger partial charge on any atom is 0.345 e. The number of anilines is 1. The van der Waals surface area contributed by atoms with Crippen molar-refractivity contribution in [2.45, 2.75) is 38.1 Å². The second-order valence-electron chi connectivity index (χ2n) is 4.65. The summed E-state index contributed by atoms with van der Waals surface area (Å²) in [5.41, 5.74) is 5.80. The molecule has 0 spiro atoms. The molecular formula is C11H18N4O2S. The normalized spacial score (nSPS) is 18.5. The van der Waals surface area contributed by atoms with Crippen molar-refractivity contribution in [1.82, 2.24) is 4.98 Å². The van der Waals surface area contributed by atoms with E-state index >= 15 is 0 Å². The number of rotatable bonds is 5. The number of nitrogens with one attached hydrogen (secondary N) is 1. The molecule has 1 saturated carbocycles. The average molecular weight is 270 g/mol. The summed E-state index contributed by atoms with van der Waals surface area (Å²) in [6.07, 6.45) is 7.46. The Labute approximate surface area is 110 Å². The van der Waals surface area contributed by atoms with E-state index in [9.17, 15) is 10.1 Å². The summed E-state index contributed by atoms with van der Waals surface area (Å²) in [7, 11) is 0. The maximum absolute atomic E-state index is 10.6. The fourth-order valence-corrected chi connectivity index (χ4v) is 3.17. The molecule has 0 aliphatic heterocycles. The monoisotopic (exact) mass is 270 g/mol. The van der Waals surface area contributed by atoms with E-state index in [1.165, 1.54) is 38.3 Å². The van der Waals surface area contributed by atoms with Crippen molar-refractivity contribution in [2.75, 3.05) is 11.9 Å². The van der Waals surface area contributed by atoms with Crippen LogP contribution in [0.4, 0.5) is 10.1 Å². The van der Waals surface area contributed by atoms with Crippen molar-refractivity contribution >= 4 is 21.5 Å². The zero-order valence-corrected chi connectivity index (χ0v) is 11.0. The van der Waals surface area contributed by atoms with Crippen LogP contribution in [-0.4, -0.2) is 22.5 Å². The predicted octanol–water partition coefficient (Wildman–Crippen LogP) is 2.37. The molecule has 1 unspecified atom stereocenters. The number of nitrogens with zero attached hydrogens (tertiary/aromatic N) is 2. The van der Waals surface area contributed by atoms with Crippen molar-refractivity contribution in [3.63, 3.8) is 0 Å². The third kappa shape index (κ3) is 3.17. The summed E-state index contributed by atoms with van der Waals surface area (Å²) in [4.78, 5) is 14.2. The lowest BCUT2D eigenvalue weighted by Crippen LogP contribution is -2.37. The molecule has 1 atom stereocenters. The van der Waals surface area contributed by atoms with E-state index in [2.05, 4.69) is 10.3 Å². The van der Waals surface area contributed by atoms with Gasteiger partial charge in [0.05, 0.1) is 4.92 Å². The van der Waals surface area contributed by atoms with Crippen molar-refractivity contribution in [3.05, 3.63) is 16.3 Å². The lowest BCUT2D eigenvalue weighted by molar-refractivity contribution is -0.380. The minimum Gasteiger partial charge on any atom is -0.357 e. The van der Waals surface area contributed by atoms with Crippen molar-refractivity contribution in [2.24, 2.45) is 11.7 Å². The minimum atomic E-state index is -0.416. The van der Waals surface area contributed by atoms with Crippen molar-refractivity contribution in [1.29, 1.82) is 0 Å². The number of nitro groups is 1. The number of nitrogens with two attached hydrogens (primary N) is 1. The van der Waals surface area contributed by atoms with Crippen LogP contribution in [0.25, 0.3) is 0 Å². The van der Waals surface area contributed by atoms with E-state index in [0.717, 1.165) is 11.3 Å². The summed E-state index contributed by atoms with van der Waals surface area (Å²) < 4.78 is 0. The molecule has 0 aromatic carbocycles. The van der Waals surface area contributed by atoms with Crippen LogP contribution in [0.1, 0.15) is 32.1 Å². The Balaban J connectivity index is 1.97. The molecule has 0 bridgehead atoms. The first-order valence-electron chi connectivity index (χ1n) is 6.27. The van der Waals surface area contributed by atoms with Gasteiger partial charge in [0.1, 0.15) is 6.20 Å². The largest absolute Gasteiger partial charge is 0.357 e. The van der Waals surface area contributed by atoms with Crippen LogP contribution in [0.15, 0.2) is 6.20 Å². The molecule has 0 radical (unpaired) electrons. The van der Waals surface area contributed by atoms with Crippen LogP contribution >= 0.6 is 11.3 Å². The average Bonchev–Trinajstić information content (AvgIpc) is 2.86. The smallest absolute Gasteiger partial charge is 0.345 e. The van der Waals surface area contributed by atoms with Gasteiger partial charge >= 0.3 is 5.00 Å². The van der Waals surface area contributed by atoms with Gasteiger partial charge in [-0.1, -0.05) is 19.3 Å². The van der Waals surface area contributed by atoms with E-state index in [4.69, 9.17) is 5.73 Å². The molecule has 1 aliphatic carbocycles. The molecule has 7 heteroatoms. The second-order valence-corrected chi connectivity index (χ2v) is 5.65. The molecule has 0 saturated heterocycles. The highest BCUT2D eigenvalue weighted by atomic mass is 32.1. The molecule has 1 aliphatic rings. The first kappa shape index (κ1) is 13.2. The Bertz CT molecular complexity index is 404. The third-order valence-corrected chi connectivity index (χ3v) is 4.34. The van der Waals surface area contributed by atoms with Gasteiger partial charge < -0.3 is 11.1 Å². The van der Waals surface area contributed by atoms with Gasteiger partial charge in [0.15, 0.2) is 5.13 Å². The number of thiazole rings is 1. The van der Waals surface area contributed by atoms with E-state index in [0.29, 0.717) is 17.6 Å². The molecular weight excluding hydrogens is 252 g/mol. The van der Waals surface area contributed by atoms with Gasteiger partial charge in [0.25, 0.3) is 0 Å². The summed E-state index contributed by atoms with van der Waals surface area (Å²) in [6, 6.07) is 0.177. The van der Waals surface area contributed by atoms with Crippen LogP contribution in [0, 0.1) is 16.0 Å². The van der Waals surface area contributed by atoms with Gasteiger partial charge in [-0.2, -0.15) is 0 Å². The van der Waals surface area contributed by atoms with Gasteiger partial charge in [-0.15, -0.1) is 0 Å². The lowest BCUT2D eigenvalue weighted by atomic mass is 9.84. The summed E-state index contributed by atoms with van der Waals surface area (Å²) in [6.45, 7) is 0.540. The van der Waals surface area contributed by atoms with Crippen molar-refractivity contribution in [3.8, 4) is 0 Å². The number of aromatic nitrogens is 1. The minimum absolute atomic E-state index is 0.0666. The molecule has 2 rings (SSSR count). The molecule has 1 fully saturated rings. The Morgan fingerprint density at radius 2 is 2.28 bits per heavy atom. The lowest BCUT2D eigenvalue weighted by Gasteiger charge is -2.29. The fraction of sp³-hybridized carbons (Fsp3) is 0.727. The zero-order chi connectivity index (χ0) is 13.0. The Morgan fingerprint density at radius 1 is 1.56 bits per heavy atom. The van der Waals surface area contributed by atoms with Gasteiger partial charge in [-0.25, -0.2) is 4.98 Å². The Morgan fingerprint density at radius 3 is 2.83 bits per heavy atom. The number of hydrogen-bond donors (Lipinski definition) is 2. The highest BCUT2D eigenvalue weighted by molar-refractivity contribution is 7.18. The van der Waals surface area contributed by atoms with Crippen LogP contribution in [0.5, 0.6) is 0 Å². The van der Waals surface area contributed by atoms with E-state index in [1.807, 2.05) is 0 Å². The van der Waals surface area contributed by atoms with E-state index in [1.54, 1.807) is 0 Å². The van der Waals surface area contributed by atoms with Crippen LogP contribution in [-0.2, 0) is 0 Å². The summed E-state index contributed by atoms with van der Waals surface area (Å²) >= 11 is 1.07. The first-order valence-corrected chi connectivity index (χ1v) is 7.09. The molecule has 18 heavy (non-hydrogen) atoms. The quantitative estimate of drug-likeness (QED) is 0.632. The van der Waals surface area contributed by atoms with Crippen molar-refractivity contribution < 1.29 is 4.92 Å². The molecule has 100 valence electrons. The van der Waals surface area contributed by atoms with Gasteiger partial charge in [0, 0.05) is 12.6 Å². The molecule has 0 amide bonds. The van der Waals surface area contributed by atoms with E-state index < -0.39 is 4.92 Å². The maximum atomic E-state index is 10.6. The van der Waals surface area contributed by atoms with Crippen LogP contribution in [0.3, 0.4) is 0 Å². The fourth-order valence-electron chi connectivity index (χ4n) is 2.48. The van der Waals surface area contributed by atoms with Gasteiger partial charge in [0.2, 0.25) is 0 Å². The van der Waals surface area contributed by atoms with Gasteiger partial charge in [-0.3, -0.25) is 10.1 Å². The first-order chi connectivity index (χ1) is 8.70.